The average Bonchev–Trinajstić information content (AvgIpc) is 3.03. The Kier molecular flexibility index (Phi) is 6.00. The van der Waals surface area contributed by atoms with E-state index in [1.165, 1.54) is 40.7 Å². The number of halogens is 1. The van der Waals surface area contributed by atoms with Crippen LogP contribution in [-0.4, -0.2) is 53.6 Å². The van der Waals surface area contributed by atoms with Crippen LogP contribution in [0.15, 0.2) is 48.5 Å². The van der Waals surface area contributed by atoms with Crippen molar-refractivity contribution < 1.29 is 4.79 Å². The first-order chi connectivity index (χ1) is 16.6. The van der Waals surface area contributed by atoms with Gasteiger partial charge < -0.3 is 10.2 Å². The van der Waals surface area contributed by atoms with Crippen LogP contribution in [-0.2, 0) is 17.6 Å². The average molecular weight is 476 g/mol. The van der Waals surface area contributed by atoms with Gasteiger partial charge in [-0.2, -0.15) is 0 Å². The maximum atomic E-state index is 12.9. The third kappa shape index (κ3) is 3.90. The van der Waals surface area contributed by atoms with Gasteiger partial charge in [0.15, 0.2) is 0 Å². The molecule has 4 nitrogen and oxygen atoms in total. The molecule has 2 aromatic rings. The summed E-state index contributed by atoms with van der Waals surface area (Å²) in [7, 11) is 0. The van der Waals surface area contributed by atoms with E-state index in [-0.39, 0.29) is 17.6 Å². The van der Waals surface area contributed by atoms with Gasteiger partial charge in [-0.15, -0.1) is 0 Å². The lowest BCUT2D eigenvalue weighted by molar-refractivity contribution is -0.129. The number of likely N-dealkylation sites (tertiary alicyclic amines) is 1. The summed E-state index contributed by atoms with van der Waals surface area (Å²) in [6.07, 6.45) is 11.3. The molecule has 178 valence electrons. The summed E-state index contributed by atoms with van der Waals surface area (Å²) in [4.78, 5) is 18.0. The molecule has 1 N–H and O–H groups in total. The number of benzene rings is 2. The molecule has 4 aliphatic rings. The Bertz CT molecular complexity index is 1120. The molecule has 0 saturated carbocycles. The van der Waals surface area contributed by atoms with Crippen molar-refractivity contribution in [3.63, 3.8) is 0 Å². The van der Waals surface area contributed by atoms with Crippen molar-refractivity contribution in [3.8, 4) is 0 Å². The number of piperidine rings is 2. The SMILES string of the molecule is O=C1NC2CCCCN2C12CCN(CCC=C1c3ccccc3CCc3ccc(Cl)cc31)CC2. The lowest BCUT2D eigenvalue weighted by atomic mass is 9.85. The fourth-order valence-electron chi connectivity index (χ4n) is 6.72. The van der Waals surface area contributed by atoms with Crippen molar-refractivity contribution in [1.82, 2.24) is 15.1 Å². The number of carbonyl (C=O) groups excluding carboxylic acids is 1. The molecule has 3 heterocycles. The number of carbonyl (C=O) groups is 1. The maximum Gasteiger partial charge on any atom is 0.241 e. The highest BCUT2D eigenvalue weighted by Gasteiger charge is 2.54. The molecule has 34 heavy (non-hydrogen) atoms. The predicted molar refractivity (Wildman–Crippen MR) is 138 cm³/mol. The molecule has 6 rings (SSSR count). The first kappa shape index (κ1) is 22.3. The first-order valence-electron chi connectivity index (χ1n) is 13.0. The predicted octanol–water partition coefficient (Wildman–Crippen LogP) is 5.04. The Balaban J connectivity index is 1.17. The van der Waals surface area contributed by atoms with E-state index in [9.17, 15) is 4.79 Å². The van der Waals surface area contributed by atoms with Gasteiger partial charge in [-0.05, 0) is 91.3 Å². The zero-order valence-corrected chi connectivity index (χ0v) is 20.6. The van der Waals surface area contributed by atoms with E-state index in [2.05, 4.69) is 57.6 Å². The highest BCUT2D eigenvalue weighted by atomic mass is 35.5. The van der Waals surface area contributed by atoms with Gasteiger partial charge in [0, 0.05) is 31.2 Å². The fraction of sp³-hybridized carbons (Fsp3) is 0.483. The first-order valence-corrected chi connectivity index (χ1v) is 13.4. The third-order valence-electron chi connectivity index (χ3n) is 8.58. The molecule has 3 saturated heterocycles. The number of nitrogens with zero attached hydrogens (tertiary/aromatic N) is 2. The molecule has 3 fully saturated rings. The van der Waals surface area contributed by atoms with Gasteiger partial charge in [0.1, 0.15) is 5.54 Å². The minimum absolute atomic E-state index is 0.254. The van der Waals surface area contributed by atoms with Crippen LogP contribution in [0, 0.1) is 0 Å². The van der Waals surface area contributed by atoms with Gasteiger partial charge >= 0.3 is 0 Å². The van der Waals surface area contributed by atoms with E-state index in [4.69, 9.17) is 11.6 Å². The summed E-state index contributed by atoms with van der Waals surface area (Å²) in [5.41, 5.74) is 6.51. The summed E-state index contributed by atoms with van der Waals surface area (Å²) in [6.45, 7) is 4.09. The van der Waals surface area contributed by atoms with Crippen LogP contribution >= 0.6 is 11.6 Å². The van der Waals surface area contributed by atoms with E-state index >= 15 is 0 Å². The molecule has 1 spiro atoms. The van der Waals surface area contributed by atoms with Crippen LogP contribution in [0.3, 0.4) is 0 Å². The van der Waals surface area contributed by atoms with E-state index in [1.54, 1.807) is 0 Å². The molecule has 1 aliphatic carbocycles. The van der Waals surface area contributed by atoms with Gasteiger partial charge in [0.2, 0.25) is 5.91 Å². The zero-order valence-electron chi connectivity index (χ0n) is 19.9. The summed E-state index contributed by atoms with van der Waals surface area (Å²) in [5.74, 6) is 0.282. The Labute approximate surface area is 208 Å². The lowest BCUT2D eigenvalue weighted by Gasteiger charge is -2.45. The highest BCUT2D eigenvalue weighted by Crippen LogP contribution is 2.39. The Morgan fingerprint density at radius 3 is 2.65 bits per heavy atom. The maximum absolute atomic E-state index is 12.9. The number of rotatable bonds is 3. The smallest absolute Gasteiger partial charge is 0.241 e. The second-order valence-corrected chi connectivity index (χ2v) is 10.9. The van der Waals surface area contributed by atoms with E-state index in [1.807, 2.05) is 6.07 Å². The number of aryl methyl sites for hydroxylation is 2. The standard InChI is InChI=1S/C29H34ClN3O/c30-23-13-12-22-11-10-21-6-1-2-7-24(21)25(26(22)20-23)8-5-16-32-18-14-29(15-19-32)28(34)31-27-9-3-4-17-33(27)29/h1-2,6-8,12-13,20,27H,3-5,9-11,14-19H2,(H,31,34). The number of hydrogen-bond donors (Lipinski definition) is 1. The van der Waals surface area contributed by atoms with Crippen molar-refractivity contribution in [3.05, 3.63) is 75.8 Å². The molecule has 0 bridgehead atoms. The number of nitrogens with one attached hydrogen (secondary N) is 1. The summed E-state index contributed by atoms with van der Waals surface area (Å²) in [5, 5.41) is 4.10. The summed E-state index contributed by atoms with van der Waals surface area (Å²) >= 11 is 6.43. The van der Waals surface area contributed by atoms with Crippen LogP contribution in [0.1, 0.15) is 60.8 Å². The van der Waals surface area contributed by atoms with Crippen LogP contribution < -0.4 is 5.32 Å². The van der Waals surface area contributed by atoms with Gasteiger partial charge in [-0.25, -0.2) is 0 Å². The van der Waals surface area contributed by atoms with E-state index in [0.29, 0.717) is 0 Å². The number of amides is 1. The topological polar surface area (TPSA) is 35.6 Å². The number of fused-ring (bicyclic) bond motifs is 4. The summed E-state index contributed by atoms with van der Waals surface area (Å²) < 4.78 is 0. The Morgan fingerprint density at radius 2 is 1.79 bits per heavy atom. The van der Waals surface area contributed by atoms with Gasteiger partial charge in [0.25, 0.3) is 0 Å². The minimum Gasteiger partial charge on any atom is -0.339 e. The molecule has 1 unspecified atom stereocenters. The second-order valence-electron chi connectivity index (χ2n) is 10.4. The zero-order chi connectivity index (χ0) is 23.1. The van der Waals surface area contributed by atoms with E-state index < -0.39 is 0 Å². The van der Waals surface area contributed by atoms with Crippen molar-refractivity contribution in [2.24, 2.45) is 0 Å². The molecule has 1 amide bonds. The molecular formula is C29H34ClN3O. The fourth-order valence-corrected chi connectivity index (χ4v) is 6.89. The van der Waals surface area contributed by atoms with Crippen LogP contribution in [0.5, 0.6) is 0 Å². The largest absolute Gasteiger partial charge is 0.339 e. The molecule has 0 aromatic heterocycles. The van der Waals surface area contributed by atoms with Crippen molar-refractivity contribution in [2.45, 2.75) is 63.1 Å². The van der Waals surface area contributed by atoms with Crippen LogP contribution in [0.25, 0.3) is 5.57 Å². The van der Waals surface area contributed by atoms with Crippen LogP contribution in [0.2, 0.25) is 5.02 Å². The molecular weight excluding hydrogens is 442 g/mol. The van der Waals surface area contributed by atoms with Gasteiger partial charge in [-0.3, -0.25) is 9.69 Å². The summed E-state index contributed by atoms with van der Waals surface area (Å²) in [6, 6.07) is 15.2. The lowest BCUT2D eigenvalue weighted by Crippen LogP contribution is -2.58. The molecule has 0 radical (unpaired) electrons. The third-order valence-corrected chi connectivity index (χ3v) is 8.82. The van der Waals surface area contributed by atoms with Crippen molar-refractivity contribution in [2.75, 3.05) is 26.2 Å². The molecule has 5 heteroatoms. The number of hydrogen-bond acceptors (Lipinski definition) is 3. The molecule has 3 aliphatic heterocycles. The van der Waals surface area contributed by atoms with Crippen LogP contribution in [0.4, 0.5) is 0 Å². The highest BCUT2D eigenvalue weighted by molar-refractivity contribution is 6.30. The molecule has 1 atom stereocenters. The van der Waals surface area contributed by atoms with Crippen molar-refractivity contribution >= 4 is 23.1 Å². The van der Waals surface area contributed by atoms with Gasteiger partial charge in [-0.1, -0.05) is 48.0 Å². The Hall–Kier alpha value is -2.14. The normalized spacial score (nSPS) is 25.5. The van der Waals surface area contributed by atoms with Crippen molar-refractivity contribution in [1.29, 1.82) is 0 Å². The van der Waals surface area contributed by atoms with E-state index in [0.717, 1.165) is 69.7 Å². The quantitative estimate of drug-likeness (QED) is 0.675. The monoisotopic (exact) mass is 475 g/mol. The Morgan fingerprint density at radius 1 is 1.00 bits per heavy atom. The molecule has 2 aromatic carbocycles. The van der Waals surface area contributed by atoms with Gasteiger partial charge in [0.05, 0.1) is 6.17 Å². The minimum atomic E-state index is -0.254. The second kappa shape index (κ2) is 9.14.